The van der Waals surface area contributed by atoms with E-state index in [1.54, 1.807) is 7.11 Å². The first kappa shape index (κ1) is 17.4. The molecule has 0 spiro atoms. The van der Waals surface area contributed by atoms with Crippen LogP contribution in [0.2, 0.25) is 0 Å². The Hall–Kier alpha value is -1.63. The summed E-state index contributed by atoms with van der Waals surface area (Å²) in [5, 5.41) is 0. The average Bonchev–Trinajstić information content (AvgIpc) is 2.48. The predicted molar refractivity (Wildman–Crippen MR) is 86.8 cm³/mol. The highest BCUT2D eigenvalue weighted by atomic mass is 16.5. The molecule has 0 radical (unpaired) electrons. The Balaban J connectivity index is 3.12. The molecule has 0 aliphatic heterocycles. The fourth-order valence-corrected chi connectivity index (χ4v) is 2.07. The summed E-state index contributed by atoms with van der Waals surface area (Å²) in [7, 11) is 1.69. The molecule has 0 aliphatic rings. The fraction of sp³-hybridized carbons (Fsp3) is 0.786. The number of ether oxygens (including phenoxy) is 1. The number of nitrogen functional groups attached to an aromatic ring is 1. The highest BCUT2D eigenvalue weighted by Gasteiger charge is 2.18. The molecular formula is C14H28N6O. The topological polar surface area (TPSA) is 80.4 Å². The summed E-state index contributed by atoms with van der Waals surface area (Å²) in [5.41, 5.74) is 5.87. The lowest BCUT2D eigenvalue weighted by molar-refractivity contribution is 0.203. The summed E-state index contributed by atoms with van der Waals surface area (Å²) in [4.78, 5) is 17.3. The van der Waals surface area contributed by atoms with Crippen LogP contribution in [0.1, 0.15) is 34.1 Å². The van der Waals surface area contributed by atoms with Crippen molar-refractivity contribution in [3.05, 3.63) is 0 Å². The van der Waals surface area contributed by atoms with Gasteiger partial charge in [0, 0.05) is 32.8 Å². The first-order valence-electron chi connectivity index (χ1n) is 7.59. The Morgan fingerprint density at radius 3 is 2.24 bits per heavy atom. The van der Waals surface area contributed by atoms with E-state index in [0.717, 1.165) is 26.1 Å². The Bertz CT molecular complexity index is 424. The van der Waals surface area contributed by atoms with E-state index >= 15 is 0 Å². The van der Waals surface area contributed by atoms with Gasteiger partial charge in [-0.25, -0.2) is 0 Å². The third kappa shape index (κ3) is 4.70. The SMILES string of the molecule is CCC(C)N(CCOC)c1nc(N)nc(N(CC)CC)n1. The van der Waals surface area contributed by atoms with E-state index in [4.69, 9.17) is 10.5 Å². The van der Waals surface area contributed by atoms with Crippen molar-refractivity contribution in [3.63, 3.8) is 0 Å². The molecule has 1 aromatic heterocycles. The van der Waals surface area contributed by atoms with Crippen molar-refractivity contribution in [2.45, 2.75) is 40.2 Å². The van der Waals surface area contributed by atoms with Gasteiger partial charge in [-0.05, 0) is 27.2 Å². The molecule has 0 bridgehead atoms. The minimum atomic E-state index is 0.257. The third-order valence-corrected chi connectivity index (χ3v) is 3.59. The molecule has 1 rings (SSSR count). The predicted octanol–water partition coefficient (Wildman–Crippen LogP) is 1.55. The van der Waals surface area contributed by atoms with E-state index in [9.17, 15) is 0 Å². The summed E-state index contributed by atoms with van der Waals surface area (Å²) in [6.07, 6.45) is 0.996. The molecule has 7 nitrogen and oxygen atoms in total. The number of nitrogens with two attached hydrogens (primary N) is 1. The smallest absolute Gasteiger partial charge is 0.232 e. The maximum Gasteiger partial charge on any atom is 0.232 e. The first-order valence-corrected chi connectivity index (χ1v) is 7.59. The van der Waals surface area contributed by atoms with Crippen molar-refractivity contribution < 1.29 is 4.74 Å². The van der Waals surface area contributed by atoms with E-state index in [1.165, 1.54) is 0 Å². The molecule has 1 heterocycles. The van der Waals surface area contributed by atoms with Crippen molar-refractivity contribution in [1.82, 2.24) is 15.0 Å². The van der Waals surface area contributed by atoms with Crippen LogP contribution < -0.4 is 15.5 Å². The van der Waals surface area contributed by atoms with Gasteiger partial charge in [0.05, 0.1) is 6.61 Å². The number of rotatable bonds is 9. The maximum absolute atomic E-state index is 5.87. The van der Waals surface area contributed by atoms with Crippen molar-refractivity contribution in [2.24, 2.45) is 0 Å². The molecule has 1 atom stereocenters. The second-order valence-electron chi connectivity index (χ2n) is 4.91. The molecule has 1 aromatic rings. The highest BCUT2D eigenvalue weighted by Crippen LogP contribution is 2.18. The van der Waals surface area contributed by atoms with Crippen molar-refractivity contribution in [2.75, 3.05) is 48.9 Å². The summed E-state index contributed by atoms with van der Waals surface area (Å²) in [6.45, 7) is 11.4. The summed E-state index contributed by atoms with van der Waals surface area (Å²) < 4.78 is 5.18. The van der Waals surface area contributed by atoms with Gasteiger partial charge in [-0.2, -0.15) is 15.0 Å². The highest BCUT2D eigenvalue weighted by molar-refractivity contribution is 5.44. The number of aromatic nitrogens is 3. The molecular weight excluding hydrogens is 268 g/mol. The number of hydrogen-bond acceptors (Lipinski definition) is 7. The molecule has 0 saturated carbocycles. The zero-order valence-corrected chi connectivity index (χ0v) is 13.8. The standard InChI is InChI=1S/C14H28N6O/c1-6-11(4)20(9-10-21-5)14-17-12(15)16-13(18-14)19(7-2)8-3/h11H,6-10H2,1-5H3,(H2,15,16,17,18). The Kier molecular flexibility index (Phi) is 7.14. The van der Waals surface area contributed by atoms with Crippen LogP contribution in [-0.4, -0.2) is 54.3 Å². The summed E-state index contributed by atoms with van der Waals surface area (Å²) >= 11 is 0. The molecule has 7 heteroatoms. The largest absolute Gasteiger partial charge is 0.383 e. The monoisotopic (exact) mass is 296 g/mol. The van der Waals surface area contributed by atoms with Crippen LogP contribution in [-0.2, 0) is 4.74 Å². The summed E-state index contributed by atoms with van der Waals surface area (Å²) in [6, 6.07) is 0.312. The lowest BCUT2D eigenvalue weighted by atomic mass is 10.2. The Morgan fingerprint density at radius 2 is 1.71 bits per heavy atom. The van der Waals surface area contributed by atoms with Crippen LogP contribution in [0.4, 0.5) is 17.8 Å². The van der Waals surface area contributed by atoms with Crippen molar-refractivity contribution >= 4 is 17.8 Å². The molecule has 0 aliphatic carbocycles. The van der Waals surface area contributed by atoms with Gasteiger partial charge in [0.15, 0.2) is 0 Å². The molecule has 2 N–H and O–H groups in total. The van der Waals surface area contributed by atoms with Crippen molar-refractivity contribution in [1.29, 1.82) is 0 Å². The van der Waals surface area contributed by atoms with E-state index < -0.39 is 0 Å². The molecule has 120 valence electrons. The third-order valence-electron chi connectivity index (χ3n) is 3.59. The zero-order valence-electron chi connectivity index (χ0n) is 13.8. The number of methoxy groups -OCH3 is 1. The van der Waals surface area contributed by atoms with Crippen molar-refractivity contribution in [3.8, 4) is 0 Å². The average molecular weight is 296 g/mol. The van der Waals surface area contributed by atoms with Gasteiger partial charge < -0.3 is 20.3 Å². The second-order valence-corrected chi connectivity index (χ2v) is 4.91. The quantitative estimate of drug-likeness (QED) is 0.740. The van der Waals surface area contributed by atoms with E-state index in [-0.39, 0.29) is 5.95 Å². The van der Waals surface area contributed by atoms with Gasteiger partial charge in [0.1, 0.15) is 0 Å². The number of nitrogens with zero attached hydrogens (tertiary/aromatic N) is 5. The minimum absolute atomic E-state index is 0.257. The van der Waals surface area contributed by atoms with Gasteiger partial charge in [0.2, 0.25) is 17.8 Å². The fourth-order valence-electron chi connectivity index (χ4n) is 2.07. The summed E-state index contributed by atoms with van der Waals surface area (Å²) in [5.74, 6) is 1.51. The second kappa shape index (κ2) is 8.61. The van der Waals surface area contributed by atoms with Gasteiger partial charge in [0.25, 0.3) is 0 Å². The number of anilines is 3. The molecule has 0 saturated heterocycles. The van der Waals surface area contributed by atoms with Crippen LogP contribution in [0, 0.1) is 0 Å². The van der Waals surface area contributed by atoms with Gasteiger partial charge in [-0.15, -0.1) is 0 Å². The molecule has 0 fully saturated rings. The maximum atomic E-state index is 5.87. The van der Waals surface area contributed by atoms with Crippen LogP contribution >= 0.6 is 0 Å². The van der Waals surface area contributed by atoms with Crippen LogP contribution in [0.5, 0.6) is 0 Å². The van der Waals surface area contributed by atoms with Gasteiger partial charge in [-0.3, -0.25) is 0 Å². The normalized spacial score (nSPS) is 12.2. The van der Waals surface area contributed by atoms with Gasteiger partial charge in [-0.1, -0.05) is 6.92 Å². The lowest BCUT2D eigenvalue weighted by Crippen LogP contribution is -2.37. The first-order chi connectivity index (χ1) is 10.1. The molecule has 0 aromatic carbocycles. The van der Waals surface area contributed by atoms with E-state index in [0.29, 0.717) is 24.5 Å². The molecule has 21 heavy (non-hydrogen) atoms. The Morgan fingerprint density at radius 1 is 1.10 bits per heavy atom. The molecule has 1 unspecified atom stereocenters. The van der Waals surface area contributed by atoms with Crippen LogP contribution in [0.25, 0.3) is 0 Å². The lowest BCUT2D eigenvalue weighted by Gasteiger charge is -2.29. The van der Waals surface area contributed by atoms with Gasteiger partial charge >= 0.3 is 0 Å². The van der Waals surface area contributed by atoms with E-state index in [1.807, 2.05) is 0 Å². The Labute approximate surface area is 127 Å². The minimum Gasteiger partial charge on any atom is -0.383 e. The molecule has 0 amide bonds. The zero-order chi connectivity index (χ0) is 15.8. The van der Waals surface area contributed by atoms with Crippen LogP contribution in [0.3, 0.4) is 0 Å². The van der Waals surface area contributed by atoms with Crippen LogP contribution in [0.15, 0.2) is 0 Å². The van der Waals surface area contributed by atoms with E-state index in [2.05, 4.69) is 52.4 Å². The number of hydrogen-bond donors (Lipinski definition) is 1.